The lowest BCUT2D eigenvalue weighted by Gasteiger charge is -2.17. The van der Waals surface area contributed by atoms with Gasteiger partial charge in [0.1, 0.15) is 11.1 Å². The number of amides is 1. The molecule has 0 saturated carbocycles. The number of nitrogens with zero attached hydrogens (tertiary/aromatic N) is 1. The van der Waals surface area contributed by atoms with Crippen LogP contribution in [0.4, 0.5) is 5.00 Å². The van der Waals surface area contributed by atoms with Crippen molar-refractivity contribution in [3.05, 3.63) is 45.8 Å². The van der Waals surface area contributed by atoms with Crippen molar-refractivity contribution in [3.63, 3.8) is 0 Å². The minimum atomic E-state index is -3.32. The average Bonchev–Trinajstić information content (AvgIpc) is 2.97. The Bertz CT molecular complexity index is 1030. The van der Waals surface area contributed by atoms with Crippen molar-refractivity contribution in [1.82, 2.24) is 0 Å². The van der Waals surface area contributed by atoms with Crippen LogP contribution in [0.2, 0.25) is 0 Å². The number of fused-ring (bicyclic) bond motifs is 1. The highest BCUT2D eigenvalue weighted by molar-refractivity contribution is 7.92. The summed E-state index contributed by atoms with van der Waals surface area (Å²) in [5, 5.41) is 12.6. The summed E-state index contributed by atoms with van der Waals surface area (Å²) in [5.41, 5.74) is 2.41. The standard InChI is InChI=1S/C21H24N2O3S2/c1-13(2)28(25,26)16-7-5-15(6-8-16)11-20(24)23-21-18(12-22)17-9-4-14(3)10-19(17)27-21/h5-8,13-14H,4,9-11H2,1-3H3,(H,23,24)/t14-/m1/s1. The third kappa shape index (κ3) is 4.13. The topological polar surface area (TPSA) is 87.0 Å². The number of nitrogens with one attached hydrogen (secondary N) is 1. The van der Waals surface area contributed by atoms with Gasteiger partial charge in [-0.05, 0) is 62.3 Å². The van der Waals surface area contributed by atoms with E-state index < -0.39 is 15.1 Å². The van der Waals surface area contributed by atoms with Crippen LogP contribution in [0.1, 0.15) is 48.8 Å². The maximum Gasteiger partial charge on any atom is 0.229 e. The van der Waals surface area contributed by atoms with Gasteiger partial charge >= 0.3 is 0 Å². The second-order valence-electron chi connectivity index (χ2n) is 7.63. The Balaban J connectivity index is 1.72. The molecule has 7 heteroatoms. The van der Waals surface area contributed by atoms with Crippen LogP contribution in [0, 0.1) is 17.2 Å². The molecule has 0 bridgehead atoms. The Kier molecular flexibility index (Phi) is 5.92. The SMILES string of the molecule is CC(C)S(=O)(=O)c1ccc(CC(=O)Nc2sc3c(c2C#N)CC[C@@H](C)C3)cc1. The van der Waals surface area contributed by atoms with E-state index >= 15 is 0 Å². The van der Waals surface area contributed by atoms with Crippen LogP contribution >= 0.6 is 11.3 Å². The molecule has 0 spiro atoms. The highest BCUT2D eigenvalue weighted by Crippen LogP contribution is 2.39. The number of sulfone groups is 1. The molecule has 0 unspecified atom stereocenters. The largest absolute Gasteiger partial charge is 0.316 e. The van der Waals surface area contributed by atoms with E-state index in [0.717, 1.165) is 30.4 Å². The van der Waals surface area contributed by atoms with Gasteiger partial charge in [0.05, 0.1) is 22.1 Å². The monoisotopic (exact) mass is 416 g/mol. The van der Waals surface area contributed by atoms with Crippen molar-refractivity contribution >= 4 is 32.1 Å². The molecule has 1 aliphatic carbocycles. The molecule has 1 atom stereocenters. The zero-order chi connectivity index (χ0) is 20.5. The van der Waals surface area contributed by atoms with Gasteiger partial charge in [-0.2, -0.15) is 5.26 Å². The fourth-order valence-corrected chi connectivity index (χ4v) is 5.82. The molecule has 28 heavy (non-hydrogen) atoms. The first kappa shape index (κ1) is 20.6. The van der Waals surface area contributed by atoms with Gasteiger partial charge in [0, 0.05) is 4.88 Å². The first-order chi connectivity index (χ1) is 13.2. The summed E-state index contributed by atoms with van der Waals surface area (Å²) in [6.45, 7) is 5.49. The molecule has 5 nitrogen and oxygen atoms in total. The highest BCUT2D eigenvalue weighted by Gasteiger charge is 2.25. The molecule has 0 saturated heterocycles. The molecule has 1 aromatic carbocycles. The highest BCUT2D eigenvalue weighted by atomic mass is 32.2. The van der Waals surface area contributed by atoms with Gasteiger partial charge in [-0.15, -0.1) is 11.3 Å². The molecule has 1 aromatic heterocycles. The second kappa shape index (κ2) is 8.06. The molecule has 1 N–H and O–H groups in total. The van der Waals surface area contributed by atoms with Gasteiger partial charge in [-0.1, -0.05) is 19.1 Å². The van der Waals surface area contributed by atoms with Gasteiger partial charge in [0.2, 0.25) is 5.91 Å². The molecule has 0 fully saturated rings. The van der Waals surface area contributed by atoms with Crippen LogP contribution in [0.25, 0.3) is 0 Å². The van der Waals surface area contributed by atoms with E-state index in [4.69, 9.17) is 0 Å². The normalized spacial score (nSPS) is 16.5. The van der Waals surface area contributed by atoms with E-state index in [2.05, 4.69) is 18.3 Å². The van der Waals surface area contributed by atoms with E-state index in [1.165, 1.54) is 16.2 Å². The van der Waals surface area contributed by atoms with Crippen LogP contribution in [0.3, 0.4) is 0 Å². The van der Waals surface area contributed by atoms with E-state index in [0.29, 0.717) is 16.5 Å². The zero-order valence-electron chi connectivity index (χ0n) is 16.3. The smallest absolute Gasteiger partial charge is 0.229 e. The lowest BCUT2D eigenvalue weighted by atomic mass is 9.88. The molecule has 1 aliphatic rings. The summed E-state index contributed by atoms with van der Waals surface area (Å²) in [4.78, 5) is 14.0. The fourth-order valence-electron chi connectivity index (χ4n) is 3.38. The van der Waals surface area contributed by atoms with Crippen molar-refractivity contribution in [3.8, 4) is 6.07 Å². The number of hydrogen-bond acceptors (Lipinski definition) is 5. The third-order valence-corrected chi connectivity index (χ3v) is 8.45. The van der Waals surface area contributed by atoms with Gasteiger partial charge in [0.15, 0.2) is 9.84 Å². The Morgan fingerprint density at radius 2 is 2.00 bits per heavy atom. The molecule has 1 heterocycles. The first-order valence-corrected chi connectivity index (χ1v) is 11.8. The van der Waals surface area contributed by atoms with Crippen molar-refractivity contribution in [1.29, 1.82) is 5.26 Å². The Labute approximate surface area is 170 Å². The molecule has 1 amide bonds. The fraction of sp³-hybridized carbons (Fsp3) is 0.429. The Hall–Kier alpha value is -2.17. The maximum atomic E-state index is 12.5. The van der Waals surface area contributed by atoms with Gasteiger partial charge < -0.3 is 5.32 Å². The summed E-state index contributed by atoms with van der Waals surface area (Å²) < 4.78 is 24.4. The molecule has 2 aromatic rings. The molecule has 148 valence electrons. The van der Waals surface area contributed by atoms with Crippen LogP contribution in [0.5, 0.6) is 0 Å². The predicted octanol–water partition coefficient (Wildman–Crippen LogP) is 4.11. The van der Waals surface area contributed by atoms with Gasteiger partial charge in [-0.25, -0.2) is 8.42 Å². The third-order valence-electron chi connectivity index (χ3n) is 5.11. The molecule has 3 rings (SSSR count). The molecule has 0 radical (unpaired) electrons. The average molecular weight is 417 g/mol. The first-order valence-electron chi connectivity index (χ1n) is 9.39. The molecule has 0 aliphatic heterocycles. The summed E-state index contributed by atoms with van der Waals surface area (Å²) in [5.74, 6) is 0.393. The van der Waals surface area contributed by atoms with Crippen LogP contribution < -0.4 is 5.32 Å². The Morgan fingerprint density at radius 1 is 1.32 bits per heavy atom. The number of thiophene rings is 1. The molecular formula is C21H24N2O3S2. The number of benzene rings is 1. The lowest BCUT2D eigenvalue weighted by molar-refractivity contribution is -0.115. The zero-order valence-corrected chi connectivity index (χ0v) is 17.9. The van der Waals surface area contributed by atoms with Crippen molar-refractivity contribution in [2.24, 2.45) is 5.92 Å². The van der Waals surface area contributed by atoms with Crippen LogP contribution in [-0.4, -0.2) is 19.6 Å². The minimum Gasteiger partial charge on any atom is -0.316 e. The van der Waals surface area contributed by atoms with Crippen LogP contribution in [-0.2, 0) is 33.9 Å². The number of carbonyl (C=O) groups is 1. The van der Waals surface area contributed by atoms with E-state index in [1.807, 2.05) is 0 Å². The predicted molar refractivity (Wildman–Crippen MR) is 111 cm³/mol. The number of rotatable bonds is 5. The summed E-state index contributed by atoms with van der Waals surface area (Å²) >= 11 is 1.50. The van der Waals surface area contributed by atoms with E-state index in [9.17, 15) is 18.5 Å². The van der Waals surface area contributed by atoms with Gasteiger partial charge in [-0.3, -0.25) is 4.79 Å². The van der Waals surface area contributed by atoms with Crippen molar-refractivity contribution < 1.29 is 13.2 Å². The second-order valence-corrected chi connectivity index (χ2v) is 11.2. The van der Waals surface area contributed by atoms with E-state index in [-0.39, 0.29) is 17.2 Å². The number of anilines is 1. The number of carbonyl (C=O) groups excluding carboxylic acids is 1. The lowest BCUT2D eigenvalue weighted by Crippen LogP contribution is -2.15. The maximum absolute atomic E-state index is 12.5. The molecular weight excluding hydrogens is 392 g/mol. The number of nitriles is 1. The van der Waals surface area contributed by atoms with E-state index in [1.54, 1.807) is 38.1 Å². The van der Waals surface area contributed by atoms with Crippen molar-refractivity contribution in [2.45, 2.75) is 56.6 Å². The van der Waals surface area contributed by atoms with Crippen molar-refractivity contribution in [2.75, 3.05) is 5.32 Å². The quantitative estimate of drug-likeness (QED) is 0.795. The Morgan fingerprint density at radius 3 is 2.61 bits per heavy atom. The van der Waals surface area contributed by atoms with Gasteiger partial charge in [0.25, 0.3) is 0 Å². The number of hydrogen-bond donors (Lipinski definition) is 1. The summed E-state index contributed by atoms with van der Waals surface area (Å²) in [7, 11) is -3.32. The summed E-state index contributed by atoms with van der Waals surface area (Å²) in [6, 6.07) is 8.68. The summed E-state index contributed by atoms with van der Waals surface area (Å²) in [6.07, 6.45) is 3.04. The minimum absolute atomic E-state index is 0.131. The van der Waals surface area contributed by atoms with Crippen LogP contribution in [0.15, 0.2) is 29.2 Å².